The zero-order valence-corrected chi connectivity index (χ0v) is 73.3. The first-order valence-electron chi connectivity index (χ1n) is 46.2. The van der Waals surface area contributed by atoms with Gasteiger partial charge in [-0.15, -0.1) is 0 Å². The fraction of sp³-hybridized carbons (Fsp3) is 0.0789. The molecule has 9 aliphatic rings. The lowest BCUT2D eigenvalue weighted by Crippen LogP contribution is -2.71. The van der Waals surface area contributed by atoms with Crippen LogP contribution in [0.5, 0.6) is 0 Å². The molecular weight excluding hydrogens is 1550 g/mol. The Morgan fingerprint density at radius 1 is 0.178 bits per heavy atom. The largest absolute Gasteiger partial charge is 0.314 e. The summed E-state index contributed by atoms with van der Waals surface area (Å²) in [4.78, 5) is 23.4. The number of hydrogen-bond acceptors (Lipinski definition) is 6. The van der Waals surface area contributed by atoms with Crippen molar-refractivity contribution in [3.63, 3.8) is 0 Å². The van der Waals surface area contributed by atoms with Crippen molar-refractivity contribution in [3.05, 3.63) is 414 Å². The highest BCUT2D eigenvalue weighted by Gasteiger charge is 2.55. The molecule has 0 saturated heterocycles. The minimum Gasteiger partial charge on any atom is -0.314 e. The lowest BCUT2D eigenvalue weighted by atomic mass is 9.25. The van der Waals surface area contributed by atoms with Crippen molar-refractivity contribution in [2.75, 3.05) is 14.7 Å². The lowest BCUT2D eigenvalue weighted by molar-refractivity contribution is 1.18. The van der Waals surface area contributed by atoms with Gasteiger partial charge in [-0.1, -0.05) is 404 Å². The van der Waals surface area contributed by atoms with Crippen molar-refractivity contribution in [3.8, 4) is 0 Å². The summed E-state index contributed by atoms with van der Waals surface area (Å²) in [6.45, 7) is 16.5. The normalized spacial score (nSPS) is 14.0. The highest BCUT2D eigenvalue weighted by molar-refractivity contribution is 7.09. The van der Waals surface area contributed by atoms with E-state index in [4.69, 9.17) is 15.0 Å². The lowest BCUT2D eigenvalue weighted by Gasteiger charge is -2.49. The number of rotatable bonds is 13. The Balaban J connectivity index is 0.542. The third-order valence-corrected chi connectivity index (χ3v) is 31.0. The summed E-state index contributed by atoms with van der Waals surface area (Å²) in [5.74, 6) is 0. The first-order valence-corrected chi connectivity index (χ1v) is 46.2. The van der Waals surface area contributed by atoms with E-state index in [2.05, 4.69) is 416 Å². The predicted octanol–water partition coefficient (Wildman–Crippen LogP) is 5.09. The molecule has 0 N–H and O–H groups in total. The topological polar surface area (TPSA) is 48.4 Å². The summed E-state index contributed by atoms with van der Waals surface area (Å²) in [5.41, 5.74) is 61.9. The van der Waals surface area contributed by atoms with E-state index in [-0.39, 0.29) is 60.4 Å². The third-order valence-electron chi connectivity index (χ3n) is 31.0. The van der Waals surface area contributed by atoms with Crippen LogP contribution in [0.4, 0.5) is 51.2 Å². The number of aromatic nitrogens is 3. The van der Waals surface area contributed by atoms with Crippen molar-refractivity contribution >= 4 is 259 Å². The van der Waals surface area contributed by atoms with Gasteiger partial charge in [0.1, 0.15) is 0 Å². The summed E-state index contributed by atoms with van der Waals surface area (Å²) in [6, 6.07) is 122. The Morgan fingerprint density at radius 3 is 0.589 bits per heavy atom. The smallest absolute Gasteiger partial charge is 0.250 e. The van der Waals surface area contributed by atoms with Gasteiger partial charge >= 0.3 is 0 Å². The van der Waals surface area contributed by atoms with Gasteiger partial charge in [0.05, 0.1) is 0 Å². The van der Waals surface area contributed by atoms with E-state index < -0.39 is 0 Å². The molecule has 12 heterocycles. The third kappa shape index (κ3) is 10.7. The van der Waals surface area contributed by atoms with Gasteiger partial charge in [-0.3, -0.25) is 15.0 Å². The van der Waals surface area contributed by atoms with E-state index in [1.807, 2.05) is 0 Å². The molecule has 6 nitrogen and oxygen atoms in total. The second-order valence-electron chi connectivity index (χ2n) is 38.2. The van der Waals surface area contributed by atoms with Crippen LogP contribution < -0.4 is 162 Å². The molecule has 0 aliphatic carbocycles. The Hall–Kier alpha value is -14.3. The van der Waals surface area contributed by atoms with Gasteiger partial charge in [-0.05, 0) is 182 Å². The van der Waals surface area contributed by atoms with Gasteiger partial charge in [-0.2, -0.15) is 0 Å². The van der Waals surface area contributed by atoms with Crippen LogP contribution in [0.15, 0.2) is 353 Å². The maximum absolute atomic E-state index is 5.15. The number of aryl methyl sites for hydroxylation is 7. The van der Waals surface area contributed by atoms with E-state index in [0.29, 0.717) is 0 Å². The number of anilines is 9. The molecule has 27 rings (SSSR count). The fourth-order valence-electron chi connectivity index (χ4n) is 26.5. The number of hydrogen-bond donors (Lipinski definition) is 0. The van der Waals surface area contributed by atoms with Gasteiger partial charge in [0.25, 0.3) is 20.1 Å². The van der Waals surface area contributed by atoms with E-state index in [0.717, 1.165) is 12.8 Å². The van der Waals surface area contributed by atoms with Crippen LogP contribution in [-0.2, 0) is 12.8 Å². The van der Waals surface area contributed by atoms with Gasteiger partial charge in [0, 0.05) is 88.4 Å². The average Bonchev–Trinajstić information content (AvgIpc) is 0.687. The SMILES string of the molecule is Cc1cc(C)c(B2c3cccc4c3N3c5c2cccc5B(c2c(C)cc(Cc5ccc(B6c7cncc8c7N7c9c(cncc9B(c9ccccc9)c9cncc6c97)B8c6ccccc6)cc5)cc2C)c2cccc(c23)B4c2c(C)cc(Cc3ccc(B4c5cccc6c5N5c7c(cccc7B(c7ccccc7)c7cccc4c75)B6c4ccccc4)cc3)cc2C)c(C)c1. The highest BCUT2D eigenvalue weighted by atomic mass is 15.2. The molecule has 18 aromatic rings. The zero-order chi connectivity index (χ0) is 85.6. The standard InChI is InChI=1S/C114H83B9N6/c1-68-54-69(2)103(70(3)55-68)121-91-40-23-42-93-109(91)128-110-92(121)41-24-43-94(110)123(105-73(6)58-78(59-74(105)7)61-76-48-52-84(53-49-76)120-101-66-125-64-99-113(101)129-112-97(118(99)81-30-16-10-17-31-81)62-124-63-98(112)119(82-32-18-11-19-33-82)100-65-126-67-102(120)114(100)129)96-45-25-44-95(111(96)128)122(93)104-71(4)56-77(57-72(104)5)60-75-46-50-83(51-47-75)117-89-38-21-36-87-107(89)127-106-85(115(87)79-26-12-8-13-27-79)34-20-35-86(106)116(80-28-14-9-15-29-80)88-37-22-39-90(117)108(88)127/h8-59,62-67H,60-61H2,1-7H3. The molecule has 0 spiro atoms. The first kappa shape index (κ1) is 74.9. The predicted molar refractivity (Wildman–Crippen MR) is 555 cm³/mol. The molecule has 0 saturated carbocycles. The molecule has 0 amide bonds. The average molecular weight is 1630 g/mol. The van der Waals surface area contributed by atoms with Gasteiger partial charge in [0.15, 0.2) is 0 Å². The molecule has 596 valence electrons. The minimum atomic E-state index is -0.102. The van der Waals surface area contributed by atoms with Crippen LogP contribution in [0.25, 0.3) is 0 Å². The van der Waals surface area contributed by atoms with E-state index in [9.17, 15) is 0 Å². The maximum Gasteiger partial charge on any atom is 0.250 e. The summed E-state index contributed by atoms with van der Waals surface area (Å²) in [7, 11) is 0. The number of benzene rings is 15. The fourth-order valence-corrected chi connectivity index (χ4v) is 26.5. The quantitative estimate of drug-likeness (QED) is 0.150. The van der Waals surface area contributed by atoms with Gasteiger partial charge in [-0.25, -0.2) is 0 Å². The second-order valence-corrected chi connectivity index (χ2v) is 38.2. The molecule has 0 unspecified atom stereocenters. The van der Waals surface area contributed by atoms with Crippen molar-refractivity contribution in [2.45, 2.75) is 61.3 Å². The van der Waals surface area contributed by atoms with E-state index >= 15 is 0 Å². The Kier molecular flexibility index (Phi) is 16.5. The van der Waals surface area contributed by atoms with Crippen molar-refractivity contribution in [1.82, 2.24) is 15.0 Å². The molecule has 0 radical (unpaired) electrons. The minimum absolute atomic E-state index is 0.0186. The van der Waals surface area contributed by atoms with Crippen LogP contribution in [0.1, 0.15) is 61.2 Å². The zero-order valence-electron chi connectivity index (χ0n) is 73.3. The van der Waals surface area contributed by atoms with Crippen molar-refractivity contribution < 1.29 is 0 Å². The molecule has 9 aliphatic heterocycles. The molecule has 0 atom stereocenters. The second kappa shape index (κ2) is 28.4. The Bertz CT molecular complexity index is 7140. The number of para-hydroxylation sites is 6. The van der Waals surface area contributed by atoms with Crippen LogP contribution in [-0.4, -0.2) is 75.4 Å². The van der Waals surface area contributed by atoms with Crippen LogP contribution >= 0.6 is 0 Å². The molecule has 0 bridgehead atoms. The van der Waals surface area contributed by atoms with Crippen molar-refractivity contribution in [2.24, 2.45) is 0 Å². The number of pyridine rings is 3. The molecule has 0 fully saturated rings. The summed E-state index contributed by atoms with van der Waals surface area (Å²) in [5, 5.41) is 0. The molecule has 129 heavy (non-hydrogen) atoms. The Labute approximate surface area is 758 Å². The highest BCUT2D eigenvalue weighted by Crippen LogP contribution is 2.43. The summed E-state index contributed by atoms with van der Waals surface area (Å²) in [6.07, 6.45) is 14.4. The Morgan fingerprint density at radius 2 is 0.364 bits per heavy atom. The van der Waals surface area contributed by atoms with Gasteiger partial charge in [0.2, 0.25) is 40.3 Å². The van der Waals surface area contributed by atoms with Crippen LogP contribution in [0, 0.1) is 48.5 Å². The number of nitrogens with zero attached hydrogens (tertiary/aromatic N) is 6. The van der Waals surface area contributed by atoms with Crippen LogP contribution in [0.3, 0.4) is 0 Å². The first-order chi connectivity index (χ1) is 63.5. The molecular formula is C114H83B9N6. The van der Waals surface area contributed by atoms with Crippen LogP contribution in [0.2, 0.25) is 0 Å². The van der Waals surface area contributed by atoms with Gasteiger partial charge < -0.3 is 14.7 Å². The molecule has 3 aromatic heterocycles. The maximum atomic E-state index is 5.15. The van der Waals surface area contributed by atoms with E-state index in [1.54, 1.807) is 0 Å². The summed E-state index contributed by atoms with van der Waals surface area (Å²) < 4.78 is 0. The van der Waals surface area contributed by atoms with Crippen molar-refractivity contribution in [1.29, 1.82) is 0 Å². The molecule has 15 heteroatoms. The summed E-state index contributed by atoms with van der Waals surface area (Å²) >= 11 is 0. The monoisotopic (exact) mass is 1630 g/mol. The van der Waals surface area contributed by atoms with E-state index in [1.165, 1.54) is 260 Å². The molecule has 15 aromatic carbocycles.